The highest BCUT2D eigenvalue weighted by Crippen LogP contribution is 2.34. The summed E-state index contributed by atoms with van der Waals surface area (Å²) >= 11 is 0. The van der Waals surface area contributed by atoms with Crippen molar-refractivity contribution in [3.05, 3.63) is 97.8 Å². The first-order valence-electron chi connectivity index (χ1n) is 13.8. The maximum atomic E-state index is 13.7. The molecule has 0 saturated carbocycles. The number of likely N-dealkylation sites (N-methyl/N-ethyl adjacent to an activating group) is 1. The predicted octanol–water partition coefficient (Wildman–Crippen LogP) is 5.48. The summed E-state index contributed by atoms with van der Waals surface area (Å²) in [6, 6.07) is 23.3. The molecule has 3 N–H and O–H groups in total. The number of hydrogen-bond acceptors (Lipinski definition) is 8. The molecule has 5 rings (SSSR count). The molecule has 2 heterocycles. The second-order valence-electron chi connectivity index (χ2n) is 9.94. The Balaban J connectivity index is 1.44. The molecule has 3 amide bonds. The van der Waals surface area contributed by atoms with Crippen molar-refractivity contribution in [2.24, 2.45) is 0 Å². The van der Waals surface area contributed by atoms with Crippen molar-refractivity contribution in [2.45, 2.75) is 0 Å². The van der Waals surface area contributed by atoms with E-state index in [2.05, 4.69) is 55.4 Å². The molecular weight excluding hydrogens is 544 g/mol. The third-order valence-electron chi connectivity index (χ3n) is 6.98. The number of aromatic nitrogens is 2. The minimum atomic E-state index is -0.447. The summed E-state index contributed by atoms with van der Waals surface area (Å²) in [7, 11) is 3.76. The van der Waals surface area contributed by atoms with E-state index in [1.54, 1.807) is 49.6 Å². The molecule has 4 aromatic rings. The lowest BCUT2D eigenvalue weighted by atomic mass is 10.2. The number of rotatable bonds is 9. The van der Waals surface area contributed by atoms with E-state index in [-0.39, 0.29) is 5.91 Å². The van der Waals surface area contributed by atoms with Crippen LogP contribution in [0.25, 0.3) is 0 Å². The summed E-state index contributed by atoms with van der Waals surface area (Å²) in [5, 5.41) is 8.96. The molecule has 43 heavy (non-hydrogen) atoms. The first-order chi connectivity index (χ1) is 20.9. The first-order valence-corrected chi connectivity index (χ1v) is 13.8. The quantitative estimate of drug-likeness (QED) is 0.224. The van der Waals surface area contributed by atoms with Crippen LogP contribution in [-0.2, 0) is 4.79 Å². The lowest BCUT2D eigenvalue weighted by molar-refractivity contribution is -0.111. The van der Waals surface area contributed by atoms with Gasteiger partial charge in [0.2, 0.25) is 5.91 Å². The number of carbonyl (C=O) groups is 2. The molecule has 3 aromatic carbocycles. The third-order valence-corrected chi connectivity index (χ3v) is 6.98. The van der Waals surface area contributed by atoms with Gasteiger partial charge in [0.25, 0.3) is 0 Å². The molecular formula is C32H34N8O3. The van der Waals surface area contributed by atoms with Gasteiger partial charge in [0.15, 0.2) is 0 Å². The van der Waals surface area contributed by atoms with E-state index in [9.17, 15) is 9.59 Å². The van der Waals surface area contributed by atoms with Crippen LogP contribution in [0.1, 0.15) is 0 Å². The lowest BCUT2D eigenvalue weighted by Gasteiger charge is -2.34. The molecule has 220 valence electrons. The Morgan fingerprint density at radius 2 is 1.67 bits per heavy atom. The van der Waals surface area contributed by atoms with E-state index in [4.69, 9.17) is 4.74 Å². The normalized spacial score (nSPS) is 13.1. The van der Waals surface area contributed by atoms with E-state index in [1.165, 1.54) is 17.3 Å². The number of ether oxygens (including phenoxy) is 1. The van der Waals surface area contributed by atoms with Gasteiger partial charge in [-0.2, -0.15) is 0 Å². The molecule has 1 fully saturated rings. The fourth-order valence-corrected chi connectivity index (χ4v) is 4.69. The van der Waals surface area contributed by atoms with Gasteiger partial charge in [0.1, 0.15) is 23.7 Å². The number of para-hydroxylation sites is 1. The highest BCUT2D eigenvalue weighted by atomic mass is 16.5. The molecule has 11 heteroatoms. The average Bonchev–Trinajstić information content (AvgIpc) is 3.02. The summed E-state index contributed by atoms with van der Waals surface area (Å²) in [6.45, 7) is 7.40. The largest absolute Gasteiger partial charge is 0.494 e. The summed E-state index contributed by atoms with van der Waals surface area (Å²) in [5.41, 5.74) is 3.41. The number of nitrogens with one attached hydrogen (secondary N) is 3. The van der Waals surface area contributed by atoms with Crippen molar-refractivity contribution < 1.29 is 14.3 Å². The van der Waals surface area contributed by atoms with Crippen LogP contribution < -0.4 is 30.5 Å². The van der Waals surface area contributed by atoms with Gasteiger partial charge in [-0.25, -0.2) is 19.7 Å². The Hall–Kier alpha value is -5.42. The number of benzene rings is 3. The zero-order valence-electron chi connectivity index (χ0n) is 24.2. The minimum absolute atomic E-state index is 0.311. The van der Waals surface area contributed by atoms with Crippen LogP contribution in [0.3, 0.4) is 0 Å². The predicted molar refractivity (Wildman–Crippen MR) is 171 cm³/mol. The fourth-order valence-electron chi connectivity index (χ4n) is 4.69. The van der Waals surface area contributed by atoms with Gasteiger partial charge in [-0.15, -0.1) is 0 Å². The number of anilines is 7. The van der Waals surface area contributed by atoms with Gasteiger partial charge in [0, 0.05) is 55.4 Å². The lowest BCUT2D eigenvalue weighted by Crippen LogP contribution is -2.44. The smallest absolute Gasteiger partial charge is 0.332 e. The molecule has 1 aromatic heterocycles. The average molecular weight is 579 g/mol. The van der Waals surface area contributed by atoms with Crippen molar-refractivity contribution in [2.75, 3.05) is 66.1 Å². The van der Waals surface area contributed by atoms with Crippen LogP contribution in [0.2, 0.25) is 0 Å². The van der Waals surface area contributed by atoms with Gasteiger partial charge in [-0.3, -0.25) is 4.79 Å². The molecule has 0 bridgehead atoms. The number of hydrogen-bond donors (Lipinski definition) is 3. The Kier molecular flexibility index (Phi) is 9.13. The molecule has 0 atom stereocenters. The maximum Gasteiger partial charge on any atom is 0.332 e. The van der Waals surface area contributed by atoms with Crippen LogP contribution in [-0.4, -0.2) is 67.1 Å². The van der Waals surface area contributed by atoms with E-state index in [0.29, 0.717) is 34.4 Å². The van der Waals surface area contributed by atoms with Gasteiger partial charge < -0.3 is 30.5 Å². The van der Waals surface area contributed by atoms with Crippen molar-refractivity contribution in [3.63, 3.8) is 0 Å². The first kappa shape index (κ1) is 29.1. The summed E-state index contributed by atoms with van der Waals surface area (Å²) < 4.78 is 5.72. The molecule has 1 saturated heterocycles. The highest BCUT2D eigenvalue weighted by Gasteiger charge is 2.22. The summed E-state index contributed by atoms with van der Waals surface area (Å²) in [6.07, 6.45) is 2.57. The summed E-state index contributed by atoms with van der Waals surface area (Å²) in [5.74, 6) is 1.08. The fraction of sp³-hybridized carbons (Fsp3) is 0.188. The second kappa shape index (κ2) is 13.5. The van der Waals surface area contributed by atoms with Crippen LogP contribution in [0.5, 0.6) is 5.75 Å². The zero-order valence-corrected chi connectivity index (χ0v) is 24.2. The SMILES string of the molecule is C=CC(=O)Nc1cccc(N(C(=O)Nc2ccccc2)c2cc(Nc3ccc(N4CCN(C)CC4)cc3OC)ncn2)c1. The maximum absolute atomic E-state index is 13.7. The zero-order chi connectivity index (χ0) is 30.2. The Morgan fingerprint density at radius 1 is 0.907 bits per heavy atom. The number of urea groups is 1. The van der Waals surface area contributed by atoms with Crippen molar-refractivity contribution in [3.8, 4) is 5.75 Å². The van der Waals surface area contributed by atoms with Crippen molar-refractivity contribution >= 4 is 52.0 Å². The molecule has 0 radical (unpaired) electrons. The molecule has 11 nitrogen and oxygen atoms in total. The molecule has 1 aliphatic rings. The number of methoxy groups -OCH3 is 1. The second-order valence-corrected chi connectivity index (χ2v) is 9.94. The van der Waals surface area contributed by atoms with Crippen molar-refractivity contribution in [1.29, 1.82) is 0 Å². The Bertz CT molecular complexity index is 1590. The van der Waals surface area contributed by atoms with E-state index >= 15 is 0 Å². The number of piperazine rings is 1. The highest BCUT2D eigenvalue weighted by molar-refractivity contribution is 6.07. The van der Waals surface area contributed by atoms with Crippen LogP contribution in [0, 0.1) is 0 Å². The third kappa shape index (κ3) is 7.27. The number of amides is 3. The molecule has 0 aliphatic carbocycles. The van der Waals surface area contributed by atoms with Gasteiger partial charge >= 0.3 is 6.03 Å². The molecule has 0 spiro atoms. The van der Waals surface area contributed by atoms with Crippen LogP contribution in [0.15, 0.2) is 97.8 Å². The standard InChI is InChI=1S/C32H34N8O3/c1-4-31(41)35-24-11-8-12-26(19-24)40(32(42)36-23-9-6-5-7-10-23)30-21-29(33-22-34-30)37-27-14-13-25(20-28(27)43-3)39-17-15-38(2)16-18-39/h4-14,19-22H,1,15-18H2,2-3H3,(H,35,41)(H,36,42)(H,33,34,37). The summed E-state index contributed by atoms with van der Waals surface area (Å²) in [4.78, 5) is 40.5. The number of carbonyl (C=O) groups excluding carboxylic acids is 2. The van der Waals surface area contributed by atoms with E-state index in [1.807, 2.05) is 30.3 Å². The van der Waals surface area contributed by atoms with Crippen molar-refractivity contribution in [1.82, 2.24) is 14.9 Å². The van der Waals surface area contributed by atoms with Crippen LogP contribution >= 0.6 is 0 Å². The Morgan fingerprint density at radius 3 is 2.42 bits per heavy atom. The van der Waals surface area contributed by atoms with E-state index in [0.717, 1.165) is 37.6 Å². The monoisotopic (exact) mass is 578 g/mol. The van der Waals surface area contributed by atoms with Crippen LogP contribution in [0.4, 0.5) is 44.9 Å². The number of nitrogens with zero attached hydrogens (tertiary/aromatic N) is 5. The topological polar surface area (TPSA) is 115 Å². The van der Waals surface area contributed by atoms with Gasteiger partial charge in [-0.1, -0.05) is 30.8 Å². The Labute approximate surface area is 250 Å². The molecule has 1 aliphatic heterocycles. The van der Waals surface area contributed by atoms with E-state index < -0.39 is 6.03 Å². The van der Waals surface area contributed by atoms with Gasteiger partial charge in [-0.05, 0) is 55.6 Å². The minimum Gasteiger partial charge on any atom is -0.494 e. The van der Waals surface area contributed by atoms with Gasteiger partial charge in [0.05, 0.1) is 18.5 Å². The molecule has 0 unspecified atom stereocenters.